The zero-order valence-corrected chi connectivity index (χ0v) is 15.0. The van der Waals surface area contributed by atoms with Crippen molar-refractivity contribution in [2.45, 2.75) is 48.5 Å². The maximum atomic E-state index is 2.31. The maximum Gasteiger partial charge on any atom is 0.237 e. The molecule has 0 heterocycles. The Kier molecular flexibility index (Phi) is 4.96. The van der Waals surface area contributed by atoms with Crippen LogP contribution in [0, 0.1) is 27.7 Å². The van der Waals surface area contributed by atoms with Crippen LogP contribution in [0.5, 0.6) is 0 Å². The molecule has 114 valence electrons. The highest BCUT2D eigenvalue weighted by atomic mass is 14.1. The number of hydrogen-bond donors (Lipinski definition) is 0. The molecule has 0 fully saturated rings. The maximum absolute atomic E-state index is 2.31. The molecule has 0 radical (unpaired) electrons. The summed E-state index contributed by atoms with van der Waals surface area (Å²) in [7, 11) is 0. The predicted molar refractivity (Wildman–Crippen MR) is 101 cm³/mol. The standard InChI is InChI=1S/C21H27B/c1-14(2)19(7)22(20-10-8-15(3)9-11-20)21-17(5)12-16(4)13-18(21)6/h8-13H,1-7H3. The molecule has 2 aromatic rings. The Morgan fingerprint density at radius 1 is 0.727 bits per heavy atom. The van der Waals surface area contributed by atoms with Crippen LogP contribution in [-0.4, -0.2) is 6.71 Å². The molecule has 2 rings (SSSR count). The molecule has 0 saturated carbocycles. The molecule has 0 aliphatic rings. The van der Waals surface area contributed by atoms with E-state index in [0.717, 1.165) is 0 Å². The van der Waals surface area contributed by atoms with Crippen LogP contribution >= 0.6 is 0 Å². The fraction of sp³-hybridized carbons (Fsp3) is 0.333. The van der Waals surface area contributed by atoms with Gasteiger partial charge in [0.15, 0.2) is 0 Å². The third kappa shape index (κ3) is 3.35. The number of benzene rings is 2. The first kappa shape index (κ1) is 16.6. The van der Waals surface area contributed by atoms with Crippen LogP contribution in [0.4, 0.5) is 0 Å². The third-order valence-corrected chi connectivity index (χ3v) is 4.66. The van der Waals surface area contributed by atoms with Crippen LogP contribution in [0.1, 0.15) is 43.0 Å². The van der Waals surface area contributed by atoms with Gasteiger partial charge >= 0.3 is 0 Å². The quantitative estimate of drug-likeness (QED) is 0.734. The minimum Gasteiger partial charge on any atom is -0.0952 e. The van der Waals surface area contributed by atoms with Crippen molar-refractivity contribution in [3.05, 3.63) is 69.7 Å². The van der Waals surface area contributed by atoms with Crippen LogP contribution in [0.25, 0.3) is 0 Å². The fourth-order valence-corrected chi connectivity index (χ4v) is 3.33. The van der Waals surface area contributed by atoms with Crippen molar-refractivity contribution in [1.29, 1.82) is 0 Å². The summed E-state index contributed by atoms with van der Waals surface area (Å²) in [6.45, 7) is 15.9. The first-order chi connectivity index (χ1) is 10.3. The molecule has 0 nitrogen and oxygen atoms in total. The van der Waals surface area contributed by atoms with Gasteiger partial charge in [0.1, 0.15) is 0 Å². The molecular weight excluding hydrogens is 263 g/mol. The highest BCUT2D eigenvalue weighted by Crippen LogP contribution is 2.14. The van der Waals surface area contributed by atoms with Crippen LogP contribution in [0.15, 0.2) is 47.4 Å². The monoisotopic (exact) mass is 290 g/mol. The first-order valence-electron chi connectivity index (χ1n) is 8.09. The second-order valence-electron chi connectivity index (χ2n) is 6.84. The lowest BCUT2D eigenvalue weighted by Crippen LogP contribution is -2.46. The van der Waals surface area contributed by atoms with Gasteiger partial charge in [0.25, 0.3) is 0 Å². The van der Waals surface area contributed by atoms with Crippen molar-refractivity contribution in [3.8, 4) is 0 Å². The molecule has 2 aromatic carbocycles. The normalized spacial score (nSPS) is 10.5. The van der Waals surface area contributed by atoms with E-state index in [0.29, 0.717) is 6.71 Å². The smallest absolute Gasteiger partial charge is 0.0952 e. The van der Waals surface area contributed by atoms with Crippen molar-refractivity contribution in [1.82, 2.24) is 0 Å². The summed E-state index contributed by atoms with van der Waals surface area (Å²) in [6.07, 6.45) is 0. The van der Waals surface area contributed by atoms with Gasteiger partial charge in [-0.1, -0.05) is 87.5 Å². The van der Waals surface area contributed by atoms with Crippen molar-refractivity contribution >= 4 is 17.6 Å². The summed E-state index contributed by atoms with van der Waals surface area (Å²) in [5.41, 5.74) is 11.2. The largest absolute Gasteiger partial charge is 0.237 e. The van der Waals surface area contributed by atoms with Gasteiger partial charge in [-0.25, -0.2) is 0 Å². The van der Waals surface area contributed by atoms with E-state index in [1.165, 1.54) is 44.2 Å². The number of aryl methyl sites for hydroxylation is 4. The van der Waals surface area contributed by atoms with Crippen molar-refractivity contribution in [3.63, 3.8) is 0 Å². The molecule has 0 aromatic heterocycles. The molecule has 0 aliphatic carbocycles. The molecule has 0 spiro atoms. The first-order valence-corrected chi connectivity index (χ1v) is 8.09. The topological polar surface area (TPSA) is 0 Å². The minimum atomic E-state index is 0.353. The molecule has 1 heteroatoms. The average Bonchev–Trinajstić information content (AvgIpc) is 2.43. The molecular formula is C21H27B. The third-order valence-electron chi connectivity index (χ3n) is 4.66. The SMILES string of the molecule is CC(C)=C(C)B(c1ccc(C)cc1)c1c(C)cc(C)cc1C. The predicted octanol–water partition coefficient (Wildman–Crippen LogP) is 4.42. The average molecular weight is 290 g/mol. The highest BCUT2D eigenvalue weighted by molar-refractivity contribution is 6.91. The van der Waals surface area contributed by atoms with Crippen LogP contribution in [-0.2, 0) is 0 Å². The Bertz CT molecular complexity index is 678. The Hall–Kier alpha value is -1.76. The number of allylic oxidation sites excluding steroid dienone is 2. The minimum absolute atomic E-state index is 0.353. The Labute approximate surface area is 136 Å². The van der Waals surface area contributed by atoms with E-state index in [2.05, 4.69) is 84.9 Å². The van der Waals surface area contributed by atoms with E-state index in [1.807, 2.05) is 0 Å². The van der Waals surface area contributed by atoms with Gasteiger partial charge in [-0.3, -0.25) is 0 Å². The van der Waals surface area contributed by atoms with Crippen molar-refractivity contribution < 1.29 is 0 Å². The molecule has 0 N–H and O–H groups in total. The molecule has 0 unspecified atom stereocenters. The van der Waals surface area contributed by atoms with Crippen molar-refractivity contribution in [2.24, 2.45) is 0 Å². The van der Waals surface area contributed by atoms with E-state index in [4.69, 9.17) is 0 Å². The molecule has 0 saturated heterocycles. The second-order valence-corrected chi connectivity index (χ2v) is 6.84. The summed E-state index contributed by atoms with van der Waals surface area (Å²) in [5.74, 6) is 0. The van der Waals surface area contributed by atoms with E-state index in [9.17, 15) is 0 Å². The van der Waals surface area contributed by atoms with Crippen molar-refractivity contribution in [2.75, 3.05) is 0 Å². The van der Waals surface area contributed by atoms with Crippen LogP contribution in [0.3, 0.4) is 0 Å². The van der Waals surface area contributed by atoms with Gasteiger partial charge in [0.2, 0.25) is 6.71 Å². The summed E-state index contributed by atoms with van der Waals surface area (Å²) < 4.78 is 0. The summed E-state index contributed by atoms with van der Waals surface area (Å²) in [5, 5.41) is 0. The van der Waals surface area contributed by atoms with Gasteiger partial charge in [-0.15, -0.1) is 0 Å². The molecule has 0 bridgehead atoms. The zero-order valence-electron chi connectivity index (χ0n) is 15.0. The summed E-state index contributed by atoms with van der Waals surface area (Å²) in [6, 6.07) is 13.6. The highest BCUT2D eigenvalue weighted by Gasteiger charge is 2.25. The Morgan fingerprint density at radius 2 is 1.23 bits per heavy atom. The number of hydrogen-bond acceptors (Lipinski definition) is 0. The van der Waals surface area contributed by atoms with E-state index >= 15 is 0 Å². The zero-order chi connectivity index (χ0) is 16.4. The Morgan fingerprint density at radius 3 is 1.68 bits per heavy atom. The fourth-order valence-electron chi connectivity index (χ4n) is 3.33. The molecule has 0 atom stereocenters. The van der Waals surface area contributed by atoms with Gasteiger partial charge in [0.05, 0.1) is 0 Å². The van der Waals surface area contributed by atoms with E-state index in [1.54, 1.807) is 0 Å². The summed E-state index contributed by atoms with van der Waals surface area (Å²) in [4.78, 5) is 0. The lowest BCUT2D eigenvalue weighted by molar-refractivity contribution is 1.32. The van der Waals surface area contributed by atoms with E-state index in [-0.39, 0.29) is 0 Å². The van der Waals surface area contributed by atoms with E-state index < -0.39 is 0 Å². The van der Waals surface area contributed by atoms with Crippen LogP contribution in [0.2, 0.25) is 0 Å². The Balaban J connectivity index is 2.70. The van der Waals surface area contributed by atoms with Gasteiger partial charge in [0, 0.05) is 0 Å². The second kappa shape index (κ2) is 6.56. The van der Waals surface area contributed by atoms with Crippen LogP contribution < -0.4 is 10.9 Å². The number of rotatable bonds is 3. The van der Waals surface area contributed by atoms with Gasteiger partial charge in [-0.2, -0.15) is 0 Å². The lowest BCUT2D eigenvalue weighted by atomic mass is 9.34. The lowest BCUT2D eigenvalue weighted by Gasteiger charge is -2.22. The summed E-state index contributed by atoms with van der Waals surface area (Å²) >= 11 is 0. The molecule has 22 heavy (non-hydrogen) atoms. The molecule has 0 aliphatic heterocycles. The van der Waals surface area contributed by atoms with Gasteiger partial charge in [-0.05, 0) is 41.5 Å². The van der Waals surface area contributed by atoms with Gasteiger partial charge < -0.3 is 0 Å². The molecule has 0 amide bonds.